The molecule has 0 spiro atoms. The zero-order valence-corrected chi connectivity index (χ0v) is 38.6. The largest absolute Gasteiger partial charge is 0.463 e. The van der Waals surface area contributed by atoms with Gasteiger partial charge in [0.15, 0.2) is 0 Å². The summed E-state index contributed by atoms with van der Waals surface area (Å²) in [7, 11) is 0. The zero-order valence-electron chi connectivity index (χ0n) is 38.6. The van der Waals surface area contributed by atoms with Gasteiger partial charge in [-0.25, -0.2) is 0 Å². The molecular weight excluding hydrogens is 753 g/mol. The monoisotopic (exact) mass is 847 g/mol. The van der Waals surface area contributed by atoms with Crippen LogP contribution in [0.15, 0.2) is 0 Å². The van der Waals surface area contributed by atoms with Gasteiger partial charge in [0.2, 0.25) is 0 Å². The van der Waals surface area contributed by atoms with E-state index in [1.807, 2.05) is 0 Å². The van der Waals surface area contributed by atoms with Crippen molar-refractivity contribution in [2.75, 3.05) is 106 Å². The highest BCUT2D eigenvalue weighted by Crippen LogP contribution is 2.14. The number of carbonyl (C=O) groups excluding carboxylic acids is 2. The second-order valence-electron chi connectivity index (χ2n) is 15.7. The third-order valence-electron chi connectivity index (χ3n) is 10.2. The van der Waals surface area contributed by atoms with E-state index in [1.165, 1.54) is 141 Å². The lowest BCUT2D eigenvalue weighted by molar-refractivity contribution is -0.146. The van der Waals surface area contributed by atoms with Crippen molar-refractivity contribution in [3.63, 3.8) is 0 Å². The minimum absolute atomic E-state index is 0.132. The summed E-state index contributed by atoms with van der Waals surface area (Å²) in [6.07, 6.45) is 34.6. The Morgan fingerprint density at radius 3 is 0.610 bits per heavy atom. The molecule has 0 aromatic rings. The van der Waals surface area contributed by atoms with Crippen LogP contribution in [-0.4, -0.2) is 118 Å². The molecule has 0 aromatic heterocycles. The van der Waals surface area contributed by atoms with Crippen LogP contribution in [0.25, 0.3) is 0 Å². The Hall–Kier alpha value is -1.34. The number of hydrogen-bond donors (Lipinski definition) is 0. The molecule has 0 aliphatic rings. The predicted octanol–water partition coefficient (Wildman–Crippen LogP) is 11.2. The van der Waals surface area contributed by atoms with Gasteiger partial charge in [-0.15, -0.1) is 0 Å². The van der Waals surface area contributed by atoms with E-state index in [4.69, 9.17) is 42.6 Å². The third kappa shape index (κ3) is 52.7. The average Bonchev–Trinajstić information content (AvgIpc) is 3.24. The first-order valence-corrected chi connectivity index (χ1v) is 24.6. The van der Waals surface area contributed by atoms with Crippen molar-refractivity contribution in [1.82, 2.24) is 0 Å². The maximum Gasteiger partial charge on any atom is 0.305 e. The molecule has 0 saturated carbocycles. The van der Waals surface area contributed by atoms with Gasteiger partial charge in [-0.1, -0.05) is 168 Å². The summed E-state index contributed by atoms with van der Waals surface area (Å²) >= 11 is 0. The van der Waals surface area contributed by atoms with Crippen LogP contribution in [0.5, 0.6) is 0 Å². The lowest BCUT2D eigenvalue weighted by Gasteiger charge is -2.09. The van der Waals surface area contributed by atoms with Crippen molar-refractivity contribution < 1.29 is 52.2 Å². The minimum atomic E-state index is -0.132. The van der Waals surface area contributed by atoms with Crippen molar-refractivity contribution in [1.29, 1.82) is 0 Å². The molecule has 0 amide bonds. The van der Waals surface area contributed by atoms with Gasteiger partial charge >= 0.3 is 11.9 Å². The molecule has 0 bridgehead atoms. The Balaban J connectivity index is 3.18. The van der Waals surface area contributed by atoms with Gasteiger partial charge in [-0.3, -0.25) is 9.59 Å². The second kappa shape index (κ2) is 52.8. The van der Waals surface area contributed by atoms with E-state index >= 15 is 0 Å². The molecule has 0 aromatic carbocycles. The number of hydrogen-bond acceptors (Lipinski definition) is 11. The van der Waals surface area contributed by atoms with Gasteiger partial charge in [0.05, 0.1) is 92.5 Å². The third-order valence-corrected chi connectivity index (χ3v) is 10.2. The van der Waals surface area contributed by atoms with Crippen molar-refractivity contribution in [3.8, 4) is 0 Å². The fourth-order valence-corrected chi connectivity index (χ4v) is 6.57. The Morgan fingerprint density at radius 1 is 0.237 bits per heavy atom. The number of esters is 2. The Kier molecular flexibility index (Phi) is 51.6. The maximum absolute atomic E-state index is 11.9. The standard InChI is InChI=1S/C48H94O11/c1-3-5-7-9-11-13-15-17-19-21-23-25-27-29-47(49)58-45-43-56-41-39-54-37-35-52-33-31-51-32-34-53-36-38-55-40-42-57-44-46-59-48(50)30-28-26-24-22-20-18-16-14-12-10-8-6-4-2/h3-46H2,1-2H3. The Labute approximate surface area is 362 Å². The summed E-state index contributed by atoms with van der Waals surface area (Å²) in [6.45, 7) is 11.6. The van der Waals surface area contributed by atoms with Gasteiger partial charge in [-0.05, 0) is 12.8 Å². The zero-order chi connectivity index (χ0) is 42.6. The van der Waals surface area contributed by atoms with Gasteiger partial charge in [0.25, 0.3) is 0 Å². The Morgan fingerprint density at radius 2 is 0.407 bits per heavy atom. The molecule has 0 radical (unpaired) electrons. The summed E-state index contributed by atoms with van der Waals surface area (Å²) in [6, 6.07) is 0. The number of carbonyl (C=O) groups is 2. The minimum Gasteiger partial charge on any atom is -0.463 e. The van der Waals surface area contributed by atoms with Crippen LogP contribution >= 0.6 is 0 Å². The number of unbranched alkanes of at least 4 members (excludes halogenated alkanes) is 24. The molecule has 0 saturated heterocycles. The van der Waals surface area contributed by atoms with Crippen LogP contribution in [0.2, 0.25) is 0 Å². The van der Waals surface area contributed by atoms with Crippen molar-refractivity contribution in [2.24, 2.45) is 0 Å². The molecule has 0 atom stereocenters. The summed E-state index contributed by atoms with van der Waals surface area (Å²) in [4.78, 5) is 23.8. The molecule has 11 nitrogen and oxygen atoms in total. The summed E-state index contributed by atoms with van der Waals surface area (Å²) in [5.41, 5.74) is 0. The van der Waals surface area contributed by atoms with Crippen LogP contribution in [0.3, 0.4) is 0 Å². The van der Waals surface area contributed by atoms with E-state index in [1.54, 1.807) is 0 Å². The molecular formula is C48H94O11. The molecule has 0 heterocycles. The molecule has 11 heteroatoms. The van der Waals surface area contributed by atoms with E-state index in [0.29, 0.717) is 105 Å². The van der Waals surface area contributed by atoms with Gasteiger partial charge in [-0.2, -0.15) is 0 Å². The molecule has 0 aliphatic heterocycles. The SMILES string of the molecule is CCCCCCCCCCCCCCCC(=O)OCCOCCOCCOCCOCCOCCOCCOCCOC(=O)CCCCCCCCCCCCCCC. The molecule has 59 heavy (non-hydrogen) atoms. The lowest BCUT2D eigenvalue weighted by Crippen LogP contribution is -2.15. The summed E-state index contributed by atoms with van der Waals surface area (Å²) in [5.74, 6) is -0.263. The first kappa shape index (κ1) is 57.7. The summed E-state index contributed by atoms with van der Waals surface area (Å²) < 4.78 is 49.0. The first-order valence-electron chi connectivity index (χ1n) is 24.6. The highest BCUT2D eigenvalue weighted by molar-refractivity contribution is 5.69. The molecule has 0 rings (SSSR count). The topological polar surface area (TPSA) is 117 Å². The van der Waals surface area contributed by atoms with Gasteiger partial charge in [0, 0.05) is 12.8 Å². The van der Waals surface area contributed by atoms with Crippen molar-refractivity contribution >= 4 is 11.9 Å². The normalized spacial score (nSPS) is 11.4. The van der Waals surface area contributed by atoms with Gasteiger partial charge in [0.1, 0.15) is 13.2 Å². The maximum atomic E-state index is 11.9. The van der Waals surface area contributed by atoms with Gasteiger partial charge < -0.3 is 42.6 Å². The quantitative estimate of drug-likeness (QED) is 0.0430. The van der Waals surface area contributed by atoms with Crippen LogP contribution in [0.4, 0.5) is 0 Å². The van der Waals surface area contributed by atoms with E-state index < -0.39 is 0 Å². The van der Waals surface area contributed by atoms with Crippen LogP contribution in [0.1, 0.15) is 194 Å². The van der Waals surface area contributed by atoms with Crippen molar-refractivity contribution in [2.45, 2.75) is 194 Å². The fraction of sp³-hybridized carbons (Fsp3) is 0.958. The van der Waals surface area contributed by atoms with Crippen LogP contribution in [-0.2, 0) is 52.2 Å². The van der Waals surface area contributed by atoms with Crippen LogP contribution in [0, 0.1) is 0 Å². The lowest BCUT2D eigenvalue weighted by atomic mass is 10.0. The molecule has 352 valence electrons. The molecule has 0 unspecified atom stereocenters. The highest BCUT2D eigenvalue weighted by atomic mass is 16.6. The first-order chi connectivity index (χ1) is 29.2. The number of ether oxygens (including phenoxy) is 9. The average molecular weight is 847 g/mol. The van der Waals surface area contributed by atoms with Crippen LogP contribution < -0.4 is 0 Å². The smallest absolute Gasteiger partial charge is 0.305 e. The highest BCUT2D eigenvalue weighted by Gasteiger charge is 2.04. The van der Waals surface area contributed by atoms with E-state index in [0.717, 1.165) is 25.7 Å². The molecule has 0 aliphatic carbocycles. The van der Waals surface area contributed by atoms with E-state index in [9.17, 15) is 9.59 Å². The summed E-state index contributed by atoms with van der Waals surface area (Å²) in [5, 5.41) is 0. The molecule has 0 N–H and O–H groups in total. The number of rotatable bonds is 52. The van der Waals surface area contributed by atoms with E-state index in [-0.39, 0.29) is 25.2 Å². The van der Waals surface area contributed by atoms with E-state index in [2.05, 4.69) is 13.8 Å². The predicted molar refractivity (Wildman–Crippen MR) is 238 cm³/mol. The Bertz CT molecular complexity index is 752. The molecule has 0 fully saturated rings. The van der Waals surface area contributed by atoms with Crippen molar-refractivity contribution in [3.05, 3.63) is 0 Å². The second-order valence-corrected chi connectivity index (χ2v) is 15.7. The fourth-order valence-electron chi connectivity index (χ4n) is 6.57.